The summed E-state index contributed by atoms with van der Waals surface area (Å²) in [6.07, 6.45) is 4.49. The number of methoxy groups -OCH3 is 1. The Kier molecular flexibility index (Phi) is 5.41. The van der Waals surface area contributed by atoms with E-state index in [2.05, 4.69) is 26.8 Å². The Labute approximate surface area is 208 Å². The van der Waals surface area contributed by atoms with Crippen LogP contribution in [-0.2, 0) is 28.7 Å². The fourth-order valence-electron chi connectivity index (χ4n) is 9.43. The van der Waals surface area contributed by atoms with Crippen LogP contribution in [-0.4, -0.2) is 47.4 Å². The van der Waals surface area contributed by atoms with Gasteiger partial charge in [-0.1, -0.05) is 39.3 Å². The molecule has 0 unspecified atom stereocenters. The van der Waals surface area contributed by atoms with Crippen molar-refractivity contribution in [3.8, 4) is 0 Å². The van der Waals surface area contributed by atoms with Gasteiger partial charge in [0.2, 0.25) is 0 Å². The summed E-state index contributed by atoms with van der Waals surface area (Å²) < 4.78 is 11.0. The number of esters is 2. The highest BCUT2D eigenvalue weighted by molar-refractivity contribution is 6.30. The quantitative estimate of drug-likeness (QED) is 0.358. The molecule has 7 heteroatoms. The summed E-state index contributed by atoms with van der Waals surface area (Å²) in [6, 6.07) is 0. The van der Waals surface area contributed by atoms with E-state index < -0.39 is 39.4 Å². The number of ether oxygens (including phenoxy) is 2. The van der Waals surface area contributed by atoms with Gasteiger partial charge in [-0.15, -0.1) is 0 Å². The number of aliphatic hydroxyl groups is 1. The van der Waals surface area contributed by atoms with Crippen molar-refractivity contribution >= 4 is 23.5 Å². The number of hydrogen-bond acceptors (Lipinski definition) is 7. The van der Waals surface area contributed by atoms with Crippen molar-refractivity contribution in [2.75, 3.05) is 7.11 Å². The number of rotatable bonds is 2. The van der Waals surface area contributed by atoms with Crippen molar-refractivity contribution in [3.63, 3.8) is 0 Å². The highest BCUT2D eigenvalue weighted by atomic mass is 16.5. The zero-order valence-corrected chi connectivity index (χ0v) is 22.5. The average molecular weight is 489 g/mol. The monoisotopic (exact) mass is 488 g/mol. The molecule has 4 aliphatic carbocycles. The van der Waals surface area contributed by atoms with Gasteiger partial charge in [0.1, 0.15) is 6.10 Å². The molecule has 0 saturated heterocycles. The van der Waals surface area contributed by atoms with Gasteiger partial charge in [0.05, 0.1) is 12.5 Å². The Hall–Kier alpha value is -2.02. The van der Waals surface area contributed by atoms with E-state index in [0.717, 1.165) is 6.42 Å². The van der Waals surface area contributed by atoms with E-state index in [1.54, 1.807) is 13.8 Å². The van der Waals surface area contributed by atoms with Gasteiger partial charge in [0.15, 0.2) is 22.6 Å². The van der Waals surface area contributed by atoms with Crippen LogP contribution in [0.2, 0.25) is 0 Å². The van der Waals surface area contributed by atoms with E-state index in [4.69, 9.17) is 9.47 Å². The van der Waals surface area contributed by atoms with Crippen molar-refractivity contribution in [1.29, 1.82) is 0 Å². The highest BCUT2D eigenvalue weighted by Gasteiger charge is 2.85. The molecule has 0 aromatic rings. The molecule has 4 aliphatic rings. The maximum atomic E-state index is 14.1. The zero-order valence-electron chi connectivity index (χ0n) is 22.5. The van der Waals surface area contributed by atoms with Crippen molar-refractivity contribution < 1.29 is 33.8 Å². The van der Waals surface area contributed by atoms with Crippen LogP contribution in [0.5, 0.6) is 0 Å². The van der Waals surface area contributed by atoms with Crippen LogP contribution >= 0.6 is 0 Å². The Morgan fingerprint density at radius 2 is 1.60 bits per heavy atom. The third-order valence-corrected chi connectivity index (χ3v) is 11.1. The standard InChI is InChI=1S/C28H40O7/c1-15-14-18-24(5)12-11-19(35-16(2)29)23(3,4)17(24)10-13-25(18,6)28(22(32)34-9)21(31)27(8,33)20(30)26(15,28)7/h14,17-19,33H,10-13H2,1-9H3/t17-,18+,19-,24+,25-,26-,27+,28-/m0/s1. The van der Waals surface area contributed by atoms with Crippen molar-refractivity contribution in [3.05, 3.63) is 11.6 Å². The van der Waals surface area contributed by atoms with Crippen LogP contribution in [0.4, 0.5) is 0 Å². The van der Waals surface area contributed by atoms with Crippen LogP contribution in [0.3, 0.4) is 0 Å². The normalized spacial score (nSPS) is 48.3. The molecular weight excluding hydrogens is 448 g/mol. The van der Waals surface area contributed by atoms with Crippen molar-refractivity contribution in [2.24, 2.45) is 38.9 Å². The minimum atomic E-state index is -2.28. The average Bonchev–Trinajstić information content (AvgIpc) is 2.88. The van der Waals surface area contributed by atoms with Crippen molar-refractivity contribution in [1.82, 2.24) is 0 Å². The first kappa shape index (κ1) is 26.1. The summed E-state index contributed by atoms with van der Waals surface area (Å²) in [6.45, 7) is 14.5. The molecule has 3 saturated carbocycles. The fourth-order valence-corrected chi connectivity index (χ4v) is 9.43. The maximum Gasteiger partial charge on any atom is 0.321 e. The Morgan fingerprint density at radius 1 is 1.00 bits per heavy atom. The molecule has 0 bridgehead atoms. The zero-order chi connectivity index (χ0) is 26.6. The Balaban J connectivity index is 1.97. The van der Waals surface area contributed by atoms with Crippen LogP contribution in [0.25, 0.3) is 0 Å². The lowest BCUT2D eigenvalue weighted by atomic mass is 9.34. The summed E-state index contributed by atoms with van der Waals surface area (Å²) in [5.41, 5.74) is -6.57. The molecule has 35 heavy (non-hydrogen) atoms. The summed E-state index contributed by atoms with van der Waals surface area (Å²) >= 11 is 0. The number of Topliss-reactive ketones (excluding diaryl/α,β-unsaturated/α-hetero) is 2. The lowest BCUT2D eigenvalue weighted by Gasteiger charge is -2.68. The Morgan fingerprint density at radius 3 is 2.14 bits per heavy atom. The van der Waals surface area contributed by atoms with Gasteiger partial charge < -0.3 is 14.6 Å². The fraction of sp³-hybridized carbons (Fsp3) is 0.786. The third kappa shape index (κ3) is 2.66. The highest BCUT2D eigenvalue weighted by Crippen LogP contribution is 2.76. The van der Waals surface area contributed by atoms with E-state index >= 15 is 0 Å². The van der Waals surface area contributed by atoms with Gasteiger partial charge >= 0.3 is 11.9 Å². The maximum absolute atomic E-state index is 14.1. The number of carbonyl (C=O) groups is 4. The molecule has 0 radical (unpaired) electrons. The molecule has 0 spiro atoms. The molecule has 3 fully saturated rings. The second-order valence-corrected chi connectivity index (χ2v) is 12.9. The van der Waals surface area contributed by atoms with Gasteiger partial charge in [-0.25, -0.2) is 0 Å². The molecule has 0 heterocycles. The minimum absolute atomic E-state index is 0.155. The van der Waals surface area contributed by atoms with E-state index in [-0.39, 0.29) is 34.7 Å². The lowest BCUT2D eigenvalue weighted by Crippen LogP contribution is -2.70. The van der Waals surface area contributed by atoms with E-state index in [0.29, 0.717) is 24.8 Å². The number of carbonyl (C=O) groups excluding carboxylic acids is 4. The summed E-state index contributed by atoms with van der Waals surface area (Å²) in [5, 5.41) is 11.2. The first-order chi connectivity index (χ1) is 15.9. The third-order valence-electron chi connectivity index (χ3n) is 11.1. The van der Waals surface area contributed by atoms with Gasteiger partial charge in [-0.2, -0.15) is 0 Å². The largest absolute Gasteiger partial charge is 0.468 e. The summed E-state index contributed by atoms with van der Waals surface area (Å²) in [4.78, 5) is 53.4. The lowest BCUT2D eigenvalue weighted by molar-refractivity contribution is -0.219. The number of hydrogen-bond donors (Lipinski definition) is 1. The molecule has 7 nitrogen and oxygen atoms in total. The van der Waals surface area contributed by atoms with Gasteiger partial charge in [-0.3, -0.25) is 19.2 Å². The number of fused-ring (bicyclic) bond motifs is 5. The summed E-state index contributed by atoms with van der Waals surface area (Å²) in [5.74, 6) is -2.49. The topological polar surface area (TPSA) is 107 Å². The van der Waals surface area contributed by atoms with Gasteiger partial charge in [0, 0.05) is 12.3 Å². The first-order valence-electron chi connectivity index (χ1n) is 12.7. The molecule has 1 N–H and O–H groups in total. The molecule has 0 aliphatic heterocycles. The molecule has 0 aromatic heterocycles. The van der Waals surface area contributed by atoms with Gasteiger partial charge in [-0.05, 0) is 69.1 Å². The summed E-state index contributed by atoms with van der Waals surface area (Å²) in [7, 11) is 1.25. The molecule has 0 amide bonds. The molecular formula is C28H40O7. The van der Waals surface area contributed by atoms with E-state index in [1.807, 2.05) is 6.92 Å². The number of ketones is 2. The van der Waals surface area contributed by atoms with Crippen LogP contribution in [0.15, 0.2) is 11.6 Å². The first-order valence-corrected chi connectivity index (χ1v) is 12.7. The van der Waals surface area contributed by atoms with E-state index in [9.17, 15) is 24.3 Å². The SMILES string of the molecule is COC(=O)[C@]12C(=O)[C@](C)(O)C(=O)[C@]1(C)C(C)=C[C@@H]1[C@]3(C)CC[C@H](OC(C)=O)C(C)(C)[C@@H]3CC[C@@]12C. The Bertz CT molecular complexity index is 1050. The second-order valence-electron chi connectivity index (χ2n) is 12.9. The smallest absolute Gasteiger partial charge is 0.321 e. The molecule has 8 atom stereocenters. The van der Waals surface area contributed by atoms with E-state index in [1.165, 1.54) is 21.0 Å². The number of allylic oxidation sites excluding steroid dienone is 2. The molecule has 4 rings (SSSR count). The second kappa shape index (κ2) is 7.27. The van der Waals surface area contributed by atoms with Gasteiger partial charge in [0.25, 0.3) is 0 Å². The predicted molar refractivity (Wildman–Crippen MR) is 128 cm³/mol. The van der Waals surface area contributed by atoms with Crippen LogP contribution in [0, 0.1) is 38.9 Å². The van der Waals surface area contributed by atoms with Crippen LogP contribution in [0.1, 0.15) is 81.1 Å². The molecule has 0 aromatic carbocycles. The minimum Gasteiger partial charge on any atom is -0.468 e. The van der Waals surface area contributed by atoms with Crippen molar-refractivity contribution in [2.45, 2.75) is 92.8 Å². The van der Waals surface area contributed by atoms with Crippen LogP contribution < -0.4 is 0 Å². The molecule has 194 valence electrons. The predicted octanol–water partition coefficient (Wildman–Crippen LogP) is 3.81.